The first kappa shape index (κ1) is 10.3. The van der Waals surface area contributed by atoms with Gasteiger partial charge in [-0.05, 0) is 18.6 Å². The van der Waals surface area contributed by atoms with Crippen molar-refractivity contribution in [2.75, 3.05) is 18.6 Å². The number of likely N-dealkylation sites (N-methyl/N-ethyl adjacent to an activating group) is 1. The fraction of sp³-hybridized carbons (Fsp3) is 0.538. The van der Waals surface area contributed by atoms with Crippen LogP contribution < -0.4 is 9.64 Å². The van der Waals surface area contributed by atoms with Crippen LogP contribution >= 0.6 is 0 Å². The maximum Gasteiger partial charge on any atom is 0.142 e. The minimum absolute atomic E-state index is 0.542. The number of nitrogens with zero attached hydrogens (tertiary/aromatic N) is 1. The van der Waals surface area contributed by atoms with E-state index in [0.29, 0.717) is 6.04 Å². The highest BCUT2D eigenvalue weighted by Gasteiger charge is 2.23. The van der Waals surface area contributed by atoms with Crippen molar-refractivity contribution in [2.24, 2.45) is 0 Å². The molecule has 0 aliphatic carbocycles. The Kier molecular flexibility index (Phi) is 3.14. The summed E-state index contributed by atoms with van der Waals surface area (Å²) in [6, 6.07) is 8.81. The summed E-state index contributed by atoms with van der Waals surface area (Å²) >= 11 is 0. The van der Waals surface area contributed by atoms with E-state index in [0.717, 1.165) is 12.4 Å². The molecule has 0 aromatic heterocycles. The number of anilines is 1. The van der Waals surface area contributed by atoms with Crippen molar-refractivity contribution in [3.05, 3.63) is 24.3 Å². The second kappa shape index (κ2) is 4.56. The second-order valence-corrected chi connectivity index (χ2v) is 4.19. The van der Waals surface area contributed by atoms with Gasteiger partial charge >= 0.3 is 0 Å². The number of hydrogen-bond donors (Lipinski definition) is 0. The predicted octanol–water partition coefficient (Wildman–Crippen LogP) is 3.07. The van der Waals surface area contributed by atoms with E-state index in [1.807, 2.05) is 12.1 Å². The van der Waals surface area contributed by atoms with E-state index in [9.17, 15) is 0 Å². The third-order valence-corrected chi connectivity index (χ3v) is 3.12. The average Bonchev–Trinajstić information content (AvgIpc) is 2.29. The van der Waals surface area contributed by atoms with Gasteiger partial charge in [-0.1, -0.05) is 31.9 Å². The molecule has 0 saturated carbocycles. The van der Waals surface area contributed by atoms with Crippen molar-refractivity contribution in [2.45, 2.75) is 32.2 Å². The first-order valence-corrected chi connectivity index (χ1v) is 5.77. The van der Waals surface area contributed by atoms with Crippen molar-refractivity contribution < 1.29 is 4.74 Å². The summed E-state index contributed by atoms with van der Waals surface area (Å²) < 4.78 is 5.76. The van der Waals surface area contributed by atoms with Crippen molar-refractivity contribution in [1.29, 1.82) is 0 Å². The molecule has 1 unspecified atom stereocenters. The Hall–Kier alpha value is -1.18. The van der Waals surface area contributed by atoms with Gasteiger partial charge in [0.2, 0.25) is 0 Å². The van der Waals surface area contributed by atoms with Crippen LogP contribution in [0.25, 0.3) is 0 Å². The van der Waals surface area contributed by atoms with E-state index in [1.165, 1.54) is 24.9 Å². The van der Waals surface area contributed by atoms with E-state index >= 15 is 0 Å². The van der Waals surface area contributed by atoms with Gasteiger partial charge in [0.15, 0.2) is 0 Å². The topological polar surface area (TPSA) is 12.5 Å². The molecule has 0 saturated heterocycles. The Morgan fingerprint density at radius 3 is 3.00 bits per heavy atom. The Morgan fingerprint density at radius 2 is 2.20 bits per heavy atom. The third-order valence-electron chi connectivity index (χ3n) is 3.12. The lowest BCUT2D eigenvalue weighted by atomic mass is 10.1. The molecule has 15 heavy (non-hydrogen) atoms. The molecule has 1 aliphatic rings. The molecule has 2 nitrogen and oxygen atoms in total. The van der Waals surface area contributed by atoms with Crippen LogP contribution in [-0.2, 0) is 0 Å². The van der Waals surface area contributed by atoms with Gasteiger partial charge in [0.1, 0.15) is 12.4 Å². The van der Waals surface area contributed by atoms with Crippen LogP contribution in [0.15, 0.2) is 24.3 Å². The first-order valence-electron chi connectivity index (χ1n) is 5.77. The molecule has 0 N–H and O–H groups in total. The summed E-state index contributed by atoms with van der Waals surface area (Å²) in [5.74, 6) is 1.02. The fourth-order valence-corrected chi connectivity index (χ4v) is 2.08. The van der Waals surface area contributed by atoms with Crippen molar-refractivity contribution >= 4 is 5.69 Å². The van der Waals surface area contributed by atoms with Gasteiger partial charge in [0.25, 0.3) is 0 Å². The molecule has 1 aromatic rings. The van der Waals surface area contributed by atoms with Crippen LogP contribution in [-0.4, -0.2) is 19.7 Å². The number of rotatable bonds is 3. The smallest absolute Gasteiger partial charge is 0.142 e. The van der Waals surface area contributed by atoms with Gasteiger partial charge in [-0.3, -0.25) is 0 Å². The number of unbranched alkanes of at least 4 members (excludes halogenated alkanes) is 1. The van der Waals surface area contributed by atoms with E-state index in [4.69, 9.17) is 4.74 Å². The SMILES string of the molecule is CCCCC1COc2ccccc2N1C. The van der Waals surface area contributed by atoms with Crippen molar-refractivity contribution in [3.63, 3.8) is 0 Å². The lowest BCUT2D eigenvalue weighted by Crippen LogP contribution is -2.40. The maximum absolute atomic E-state index is 5.76. The normalized spacial score (nSPS) is 19.6. The van der Waals surface area contributed by atoms with Crippen LogP contribution in [0.2, 0.25) is 0 Å². The summed E-state index contributed by atoms with van der Waals surface area (Å²) in [6.45, 7) is 3.06. The molecule has 1 heterocycles. The lowest BCUT2D eigenvalue weighted by molar-refractivity contribution is 0.258. The summed E-state index contributed by atoms with van der Waals surface area (Å²) in [6.07, 6.45) is 3.76. The molecular weight excluding hydrogens is 186 g/mol. The van der Waals surface area contributed by atoms with Crippen LogP contribution in [0.5, 0.6) is 5.75 Å². The molecule has 2 rings (SSSR count). The van der Waals surface area contributed by atoms with Crippen LogP contribution in [0.4, 0.5) is 5.69 Å². The standard InChI is InChI=1S/C13H19NO/c1-3-4-7-11-10-15-13-9-6-5-8-12(13)14(11)2/h5-6,8-9,11H,3-4,7,10H2,1-2H3. The number of hydrogen-bond acceptors (Lipinski definition) is 2. The Morgan fingerprint density at radius 1 is 1.40 bits per heavy atom. The molecule has 0 radical (unpaired) electrons. The minimum Gasteiger partial charge on any atom is -0.489 e. The van der Waals surface area contributed by atoms with Gasteiger partial charge in [0.05, 0.1) is 11.7 Å². The minimum atomic E-state index is 0.542. The van der Waals surface area contributed by atoms with E-state index < -0.39 is 0 Å². The average molecular weight is 205 g/mol. The maximum atomic E-state index is 5.76. The molecule has 82 valence electrons. The van der Waals surface area contributed by atoms with Crippen LogP contribution in [0.3, 0.4) is 0 Å². The van der Waals surface area contributed by atoms with E-state index in [-0.39, 0.29) is 0 Å². The van der Waals surface area contributed by atoms with E-state index in [1.54, 1.807) is 0 Å². The Labute approximate surface area is 91.9 Å². The van der Waals surface area contributed by atoms with Crippen LogP contribution in [0.1, 0.15) is 26.2 Å². The van der Waals surface area contributed by atoms with Gasteiger partial charge in [-0.2, -0.15) is 0 Å². The Bertz CT molecular complexity index is 324. The lowest BCUT2D eigenvalue weighted by Gasteiger charge is -2.35. The summed E-state index contributed by atoms with van der Waals surface area (Å²) in [5, 5.41) is 0. The highest BCUT2D eigenvalue weighted by Crippen LogP contribution is 2.33. The van der Waals surface area contributed by atoms with Gasteiger partial charge in [-0.15, -0.1) is 0 Å². The number of fused-ring (bicyclic) bond motifs is 1. The predicted molar refractivity (Wildman–Crippen MR) is 63.7 cm³/mol. The number of benzene rings is 1. The summed E-state index contributed by atoms with van der Waals surface area (Å²) in [4.78, 5) is 2.36. The summed E-state index contributed by atoms with van der Waals surface area (Å²) in [5.41, 5.74) is 1.23. The molecule has 1 aromatic carbocycles. The third kappa shape index (κ3) is 2.09. The zero-order chi connectivity index (χ0) is 10.7. The van der Waals surface area contributed by atoms with Crippen molar-refractivity contribution in [3.8, 4) is 5.75 Å². The number of ether oxygens (including phenoxy) is 1. The van der Waals surface area contributed by atoms with Gasteiger partial charge in [0, 0.05) is 7.05 Å². The summed E-state index contributed by atoms with van der Waals surface area (Å²) in [7, 11) is 2.17. The van der Waals surface area contributed by atoms with Gasteiger partial charge < -0.3 is 9.64 Å². The zero-order valence-electron chi connectivity index (χ0n) is 9.57. The van der Waals surface area contributed by atoms with Crippen molar-refractivity contribution in [1.82, 2.24) is 0 Å². The molecular formula is C13H19NO. The Balaban J connectivity index is 2.11. The highest BCUT2D eigenvalue weighted by molar-refractivity contribution is 5.59. The second-order valence-electron chi connectivity index (χ2n) is 4.19. The molecule has 0 fully saturated rings. The zero-order valence-corrected chi connectivity index (χ0v) is 9.57. The molecule has 2 heteroatoms. The van der Waals surface area contributed by atoms with Gasteiger partial charge in [-0.25, -0.2) is 0 Å². The fourth-order valence-electron chi connectivity index (χ4n) is 2.08. The molecule has 0 amide bonds. The quantitative estimate of drug-likeness (QED) is 0.752. The molecule has 0 spiro atoms. The molecule has 1 aliphatic heterocycles. The first-order chi connectivity index (χ1) is 7.33. The molecule has 0 bridgehead atoms. The molecule has 1 atom stereocenters. The van der Waals surface area contributed by atoms with E-state index in [2.05, 4.69) is 31.0 Å². The highest BCUT2D eigenvalue weighted by atomic mass is 16.5. The number of para-hydroxylation sites is 2. The largest absolute Gasteiger partial charge is 0.489 e. The monoisotopic (exact) mass is 205 g/mol. The van der Waals surface area contributed by atoms with Crippen LogP contribution in [0, 0.1) is 0 Å².